The second kappa shape index (κ2) is 7.56. The molecule has 6 atom stereocenters. The minimum absolute atomic E-state index is 0.248. The number of ether oxygens (including phenoxy) is 1. The summed E-state index contributed by atoms with van der Waals surface area (Å²) in [5.41, 5.74) is 0. The molecule has 0 aromatic rings. The van der Waals surface area contributed by atoms with E-state index in [1.54, 1.807) is 0 Å². The van der Waals surface area contributed by atoms with Gasteiger partial charge in [0.05, 0.1) is 6.61 Å². The molecule has 0 N–H and O–H groups in total. The molecule has 24 heavy (non-hydrogen) atoms. The van der Waals surface area contributed by atoms with Crippen LogP contribution in [-0.2, 0) is 46.4 Å². The van der Waals surface area contributed by atoms with Gasteiger partial charge in [-0.25, -0.2) is 9.34 Å². The second-order valence-electron chi connectivity index (χ2n) is 5.80. The topological polar surface area (TPSA) is 52.6 Å². The Kier molecular flexibility index (Phi) is 6.23. The van der Waals surface area contributed by atoms with Gasteiger partial charge in [0, 0.05) is 26.2 Å². The van der Waals surface area contributed by atoms with Gasteiger partial charge < -0.3 is 18.3 Å². The van der Waals surface area contributed by atoms with E-state index in [0.717, 1.165) is 26.2 Å². The van der Waals surface area contributed by atoms with E-state index >= 15 is 0 Å². The highest BCUT2D eigenvalue weighted by molar-refractivity contribution is 8.09. The van der Waals surface area contributed by atoms with Gasteiger partial charge in [0.25, 0.3) is 13.3 Å². The van der Waals surface area contributed by atoms with Crippen molar-refractivity contribution in [2.75, 3.05) is 32.8 Å². The number of nitrogens with zero attached hydrogens (tertiary/aromatic N) is 2. The summed E-state index contributed by atoms with van der Waals surface area (Å²) in [4.78, 5) is 0. The largest absolute Gasteiger partial charge is 0.341 e. The van der Waals surface area contributed by atoms with Crippen LogP contribution in [0, 0.1) is 0 Å². The number of rotatable bonds is 6. The monoisotopic (exact) mass is 416 g/mol. The molecule has 7 nitrogen and oxygen atoms in total. The fourth-order valence-corrected chi connectivity index (χ4v) is 9.57. The molecule has 140 valence electrons. The van der Waals surface area contributed by atoms with Crippen LogP contribution >= 0.6 is 13.3 Å². The lowest BCUT2D eigenvalue weighted by atomic mass is 10.1. The van der Waals surface area contributed by atoms with E-state index in [4.69, 9.17) is 46.4 Å². The molecular formula is C13H26N2O5P2S2. The van der Waals surface area contributed by atoms with Crippen LogP contribution in [0.3, 0.4) is 0 Å². The summed E-state index contributed by atoms with van der Waals surface area (Å²) in [6, 6.07) is 0. The Balaban J connectivity index is 1.81. The lowest BCUT2D eigenvalue weighted by Crippen LogP contribution is -2.36. The third-order valence-electron chi connectivity index (χ3n) is 4.57. The van der Waals surface area contributed by atoms with Crippen molar-refractivity contribution >= 4 is 36.9 Å². The summed E-state index contributed by atoms with van der Waals surface area (Å²) in [6.45, 7) is 6.62. The van der Waals surface area contributed by atoms with Gasteiger partial charge in [-0.1, -0.05) is 27.7 Å². The van der Waals surface area contributed by atoms with Crippen LogP contribution in [0.5, 0.6) is 0 Å². The average Bonchev–Trinajstić information content (AvgIpc) is 2.96. The minimum atomic E-state index is -2.57. The van der Waals surface area contributed by atoms with Crippen molar-refractivity contribution < 1.29 is 22.8 Å². The molecule has 0 aliphatic carbocycles. The Hall–Kier alpha value is 1.02. The molecule has 3 fully saturated rings. The fourth-order valence-electron chi connectivity index (χ4n) is 3.23. The van der Waals surface area contributed by atoms with E-state index in [9.17, 15) is 0 Å². The first kappa shape index (κ1) is 19.8. The number of fused-ring (bicyclic) bond motifs is 5. The molecule has 0 aromatic carbocycles. The van der Waals surface area contributed by atoms with Crippen LogP contribution in [0.1, 0.15) is 27.7 Å². The first-order valence-corrected chi connectivity index (χ1v) is 13.6. The Bertz CT molecular complexity index is 560. The van der Waals surface area contributed by atoms with E-state index in [1.165, 1.54) is 0 Å². The number of hydrogen-bond acceptors (Lipinski definition) is 7. The highest BCUT2D eigenvalue weighted by Crippen LogP contribution is 2.65. The van der Waals surface area contributed by atoms with Gasteiger partial charge in [0.1, 0.15) is 18.3 Å². The van der Waals surface area contributed by atoms with Gasteiger partial charge in [0.15, 0.2) is 6.29 Å². The molecule has 3 rings (SSSR count). The predicted octanol–water partition coefficient (Wildman–Crippen LogP) is 2.67. The SMILES string of the molecule is CCN(CC)[P@]1(=S)OC2C(O1)[C@H]1CO[P@@](=S)(N(CC)CC)O[C@@H]2O1. The smallest absolute Gasteiger partial charge is 0.266 e. The maximum Gasteiger partial charge on any atom is 0.266 e. The minimum Gasteiger partial charge on any atom is -0.341 e. The van der Waals surface area contributed by atoms with Gasteiger partial charge in [-0.15, -0.1) is 0 Å². The van der Waals surface area contributed by atoms with E-state index < -0.39 is 19.6 Å². The molecule has 2 bridgehead atoms. The Labute approximate surface area is 154 Å². The Morgan fingerprint density at radius 1 is 0.833 bits per heavy atom. The molecule has 0 radical (unpaired) electrons. The summed E-state index contributed by atoms with van der Waals surface area (Å²) >= 11 is 11.5. The molecule has 0 aromatic heterocycles. The van der Waals surface area contributed by atoms with E-state index in [1.807, 2.05) is 13.8 Å². The van der Waals surface area contributed by atoms with Crippen molar-refractivity contribution in [1.29, 1.82) is 0 Å². The average molecular weight is 416 g/mol. The molecule has 3 heterocycles. The molecule has 0 amide bonds. The van der Waals surface area contributed by atoms with Crippen molar-refractivity contribution in [3.8, 4) is 0 Å². The second-order valence-corrected chi connectivity index (χ2v) is 12.5. The first-order valence-electron chi connectivity index (χ1n) is 8.46. The summed E-state index contributed by atoms with van der Waals surface area (Å²) in [6.07, 6.45) is -1.40. The molecule has 3 aliphatic rings. The van der Waals surface area contributed by atoms with E-state index in [-0.39, 0.29) is 18.3 Å². The first-order chi connectivity index (χ1) is 11.4. The van der Waals surface area contributed by atoms with Crippen molar-refractivity contribution in [1.82, 2.24) is 9.34 Å². The lowest BCUT2D eigenvalue weighted by Gasteiger charge is -2.33. The molecular weight excluding hydrogens is 390 g/mol. The molecule has 3 saturated heterocycles. The van der Waals surface area contributed by atoms with Gasteiger partial charge in [-0.05, 0) is 23.6 Å². The summed E-state index contributed by atoms with van der Waals surface area (Å²) in [7, 11) is 0. The third-order valence-corrected chi connectivity index (χ3v) is 11.5. The van der Waals surface area contributed by atoms with Crippen molar-refractivity contribution in [3.63, 3.8) is 0 Å². The Morgan fingerprint density at radius 3 is 1.96 bits per heavy atom. The van der Waals surface area contributed by atoms with Crippen molar-refractivity contribution in [2.45, 2.75) is 52.3 Å². The summed E-state index contributed by atoms with van der Waals surface area (Å²) < 4.78 is 34.6. The zero-order valence-corrected chi connectivity index (χ0v) is 17.9. The van der Waals surface area contributed by atoms with Crippen molar-refractivity contribution in [3.05, 3.63) is 0 Å². The van der Waals surface area contributed by atoms with Gasteiger partial charge in [0.2, 0.25) is 0 Å². The normalized spacial score (nSPS) is 44.9. The third kappa shape index (κ3) is 3.32. The summed E-state index contributed by atoms with van der Waals surface area (Å²) in [5.74, 6) is 0. The van der Waals surface area contributed by atoms with E-state index in [0.29, 0.717) is 6.61 Å². The molecule has 0 saturated carbocycles. The van der Waals surface area contributed by atoms with Crippen LogP contribution in [0.15, 0.2) is 0 Å². The van der Waals surface area contributed by atoms with Crippen molar-refractivity contribution in [2.24, 2.45) is 0 Å². The molecule has 0 spiro atoms. The maximum atomic E-state index is 6.20. The molecule has 2 unspecified atom stereocenters. The fraction of sp³-hybridized carbons (Fsp3) is 1.00. The Morgan fingerprint density at radius 2 is 1.38 bits per heavy atom. The van der Waals surface area contributed by atoms with Crippen LogP contribution < -0.4 is 0 Å². The number of hydrogen-bond donors (Lipinski definition) is 0. The van der Waals surface area contributed by atoms with Crippen LogP contribution in [0.25, 0.3) is 0 Å². The van der Waals surface area contributed by atoms with Gasteiger partial charge >= 0.3 is 0 Å². The van der Waals surface area contributed by atoms with Crippen LogP contribution in [0.4, 0.5) is 0 Å². The van der Waals surface area contributed by atoms with Crippen LogP contribution in [-0.4, -0.2) is 66.7 Å². The van der Waals surface area contributed by atoms with E-state index in [2.05, 4.69) is 23.2 Å². The van der Waals surface area contributed by atoms with Gasteiger partial charge in [-0.2, -0.15) is 0 Å². The predicted molar refractivity (Wildman–Crippen MR) is 99.9 cm³/mol. The molecule has 11 heteroatoms. The zero-order valence-electron chi connectivity index (χ0n) is 14.5. The van der Waals surface area contributed by atoms with Gasteiger partial charge in [-0.3, -0.25) is 4.52 Å². The maximum absolute atomic E-state index is 6.20. The quantitative estimate of drug-likeness (QED) is 0.608. The molecule has 3 aliphatic heterocycles. The highest BCUT2D eigenvalue weighted by Gasteiger charge is 2.60. The lowest BCUT2D eigenvalue weighted by molar-refractivity contribution is -0.0954. The standard InChI is InChI=1S/C13H26N2O5P2S2/c1-5-14(6-2)21(23)16-9-10-11-12(13(17-10)20-21)19-22(24,18-11)15(7-3)8-4/h10-13H,5-9H2,1-4H3/t10-,11?,12?,13+,21+,22-/m1/s1. The zero-order chi connectivity index (χ0) is 17.5. The van der Waals surface area contributed by atoms with Crippen LogP contribution in [0.2, 0.25) is 0 Å². The highest BCUT2D eigenvalue weighted by atomic mass is 32.5. The summed E-state index contributed by atoms with van der Waals surface area (Å²) in [5, 5.41) is 0.